The highest BCUT2D eigenvalue weighted by molar-refractivity contribution is 5.94. The van der Waals surface area contributed by atoms with E-state index >= 15 is 0 Å². The molecule has 0 aliphatic carbocycles. The fourth-order valence-corrected chi connectivity index (χ4v) is 2.41. The van der Waals surface area contributed by atoms with Crippen LogP contribution in [0.3, 0.4) is 0 Å². The number of amides is 1. The molecule has 0 spiro atoms. The Hall–Kier alpha value is -3.22. The number of hydrogen-bond donors (Lipinski definition) is 0. The monoisotopic (exact) mass is 340 g/mol. The lowest BCUT2D eigenvalue weighted by atomic mass is 10.1. The van der Waals surface area contributed by atoms with Crippen LogP contribution in [0.15, 0.2) is 37.0 Å². The van der Waals surface area contributed by atoms with E-state index in [9.17, 15) is 14.9 Å². The Morgan fingerprint density at radius 2 is 1.92 bits per heavy atom. The molecule has 0 bridgehead atoms. The van der Waals surface area contributed by atoms with Crippen molar-refractivity contribution in [3.63, 3.8) is 0 Å². The number of nitro groups is 1. The molecule has 1 aromatic carbocycles. The summed E-state index contributed by atoms with van der Waals surface area (Å²) in [6, 6.07) is 7.18. The molecular formula is C18H20N4O3. The maximum atomic E-state index is 12.3. The second kappa shape index (κ2) is 8.05. The molecule has 0 radical (unpaired) electrons. The summed E-state index contributed by atoms with van der Waals surface area (Å²) in [6.45, 7) is 8.79. The minimum Gasteiger partial charge on any atom is -0.358 e. The molecule has 2 rings (SSSR count). The Balaban J connectivity index is 2.19. The highest BCUT2D eigenvalue weighted by Gasteiger charge is 2.16. The first-order valence-electron chi connectivity index (χ1n) is 7.93. The van der Waals surface area contributed by atoms with E-state index in [1.807, 2.05) is 26.0 Å². The van der Waals surface area contributed by atoms with Crippen LogP contribution in [-0.2, 0) is 0 Å². The lowest BCUT2D eigenvalue weighted by Gasteiger charge is -2.18. The van der Waals surface area contributed by atoms with Gasteiger partial charge in [-0.3, -0.25) is 4.79 Å². The molecule has 1 heterocycles. The molecule has 0 fully saturated rings. The molecule has 130 valence electrons. The van der Waals surface area contributed by atoms with Crippen molar-refractivity contribution in [2.24, 2.45) is 0 Å². The van der Waals surface area contributed by atoms with Gasteiger partial charge in [-0.2, -0.15) is 4.57 Å². The largest absolute Gasteiger partial charge is 0.358 e. The van der Waals surface area contributed by atoms with E-state index in [4.69, 9.17) is 0 Å². The number of carbonyl (C=O) groups excluding carboxylic acids is 1. The predicted molar refractivity (Wildman–Crippen MR) is 97.9 cm³/mol. The van der Waals surface area contributed by atoms with Gasteiger partial charge in [0.05, 0.1) is 6.20 Å². The fraction of sp³-hybridized carbons (Fsp3) is 0.222. The smallest absolute Gasteiger partial charge is 0.347 e. The summed E-state index contributed by atoms with van der Waals surface area (Å²) in [4.78, 5) is 28.4. The third kappa shape index (κ3) is 4.00. The van der Waals surface area contributed by atoms with Gasteiger partial charge in [-0.15, -0.1) is 0 Å². The van der Waals surface area contributed by atoms with Crippen LogP contribution in [0.1, 0.15) is 35.6 Å². The molecule has 0 saturated carbocycles. The van der Waals surface area contributed by atoms with Gasteiger partial charge in [0.2, 0.25) is 5.82 Å². The molecule has 7 nitrogen and oxygen atoms in total. The Kier molecular flexibility index (Phi) is 5.84. The first-order valence-corrected chi connectivity index (χ1v) is 7.93. The van der Waals surface area contributed by atoms with Crippen molar-refractivity contribution >= 4 is 30.1 Å². The van der Waals surface area contributed by atoms with E-state index in [1.165, 1.54) is 17.0 Å². The summed E-state index contributed by atoms with van der Waals surface area (Å²) in [5.74, 6) is 0.262. The number of carbonyl (C=O) groups is 1. The highest BCUT2D eigenvalue weighted by atomic mass is 16.6. The third-order valence-corrected chi connectivity index (χ3v) is 3.81. The number of benzene rings is 1. The molecule has 7 heteroatoms. The Bertz CT molecular complexity index is 802. The van der Waals surface area contributed by atoms with Crippen LogP contribution in [-0.4, -0.2) is 38.4 Å². The SMILES string of the molecule is C=Cn1c([N+](=O)[O-])cnc1/C=C/c1ccc(C(=O)N(CC)CC)cc1. The van der Waals surface area contributed by atoms with Gasteiger partial charge in [0.15, 0.2) is 0 Å². The van der Waals surface area contributed by atoms with Gasteiger partial charge in [-0.05, 0) is 42.5 Å². The number of rotatable bonds is 7. The summed E-state index contributed by atoms with van der Waals surface area (Å²) in [5.41, 5.74) is 1.49. The first kappa shape index (κ1) is 18.1. The predicted octanol–water partition coefficient (Wildman–Crippen LogP) is 3.54. The first-order chi connectivity index (χ1) is 12.0. The summed E-state index contributed by atoms with van der Waals surface area (Å²) < 4.78 is 1.30. The van der Waals surface area contributed by atoms with Gasteiger partial charge in [-0.25, -0.2) is 4.98 Å². The van der Waals surface area contributed by atoms with Crippen LogP contribution in [0.5, 0.6) is 0 Å². The van der Waals surface area contributed by atoms with Crippen molar-refractivity contribution < 1.29 is 9.72 Å². The van der Waals surface area contributed by atoms with Gasteiger partial charge in [-0.1, -0.05) is 18.7 Å². The van der Waals surface area contributed by atoms with Crippen molar-refractivity contribution in [2.75, 3.05) is 13.1 Å². The van der Waals surface area contributed by atoms with Gasteiger partial charge in [0.25, 0.3) is 5.91 Å². The zero-order valence-electron chi connectivity index (χ0n) is 14.3. The number of aromatic nitrogens is 2. The quantitative estimate of drug-likeness (QED) is 0.570. The molecule has 0 aliphatic rings. The van der Waals surface area contributed by atoms with Gasteiger partial charge < -0.3 is 15.0 Å². The summed E-state index contributed by atoms with van der Waals surface area (Å²) in [5, 5.41) is 10.9. The second-order valence-corrected chi connectivity index (χ2v) is 5.22. The van der Waals surface area contributed by atoms with Crippen molar-refractivity contribution in [3.8, 4) is 0 Å². The zero-order valence-corrected chi connectivity index (χ0v) is 14.3. The topological polar surface area (TPSA) is 81.3 Å². The molecule has 2 aromatic rings. The van der Waals surface area contributed by atoms with Crippen molar-refractivity contribution in [1.82, 2.24) is 14.5 Å². The van der Waals surface area contributed by atoms with E-state index in [2.05, 4.69) is 11.6 Å². The normalized spacial score (nSPS) is 10.8. The zero-order chi connectivity index (χ0) is 18.4. The van der Waals surface area contributed by atoms with E-state index in [0.29, 0.717) is 24.5 Å². The van der Waals surface area contributed by atoms with E-state index in [-0.39, 0.29) is 11.7 Å². The summed E-state index contributed by atoms with van der Waals surface area (Å²) in [6.07, 6.45) is 5.97. The van der Waals surface area contributed by atoms with E-state index in [1.54, 1.807) is 29.2 Å². The van der Waals surface area contributed by atoms with Gasteiger partial charge in [0.1, 0.15) is 6.20 Å². The van der Waals surface area contributed by atoms with Crippen LogP contribution in [0, 0.1) is 10.1 Å². The Morgan fingerprint density at radius 1 is 1.28 bits per heavy atom. The molecule has 0 aliphatic heterocycles. The fourth-order valence-electron chi connectivity index (χ4n) is 2.41. The molecule has 25 heavy (non-hydrogen) atoms. The number of nitrogens with zero attached hydrogens (tertiary/aromatic N) is 4. The molecular weight excluding hydrogens is 320 g/mol. The van der Waals surface area contributed by atoms with Crippen LogP contribution < -0.4 is 0 Å². The van der Waals surface area contributed by atoms with Crippen LogP contribution in [0.4, 0.5) is 5.82 Å². The minimum absolute atomic E-state index is 0.00152. The maximum absolute atomic E-state index is 12.3. The van der Waals surface area contributed by atoms with Crippen molar-refractivity contribution in [1.29, 1.82) is 0 Å². The lowest BCUT2D eigenvalue weighted by molar-refractivity contribution is -0.390. The average Bonchev–Trinajstić information content (AvgIpc) is 3.04. The molecule has 1 amide bonds. The molecule has 0 unspecified atom stereocenters. The van der Waals surface area contributed by atoms with E-state index in [0.717, 1.165) is 5.56 Å². The van der Waals surface area contributed by atoms with Gasteiger partial charge in [0, 0.05) is 24.7 Å². The number of imidazole rings is 1. The molecule has 0 atom stereocenters. The van der Waals surface area contributed by atoms with E-state index < -0.39 is 4.92 Å². The number of hydrogen-bond acceptors (Lipinski definition) is 4. The lowest BCUT2D eigenvalue weighted by Crippen LogP contribution is -2.30. The van der Waals surface area contributed by atoms with Crippen LogP contribution >= 0.6 is 0 Å². The maximum Gasteiger partial charge on any atom is 0.347 e. The molecule has 1 aromatic heterocycles. The Morgan fingerprint density at radius 3 is 2.44 bits per heavy atom. The molecule has 0 N–H and O–H groups in total. The van der Waals surface area contributed by atoms with Crippen molar-refractivity contribution in [3.05, 3.63) is 64.1 Å². The average molecular weight is 340 g/mol. The summed E-state index contributed by atoms with van der Waals surface area (Å²) >= 11 is 0. The third-order valence-electron chi connectivity index (χ3n) is 3.81. The van der Waals surface area contributed by atoms with Crippen LogP contribution in [0.25, 0.3) is 18.4 Å². The minimum atomic E-state index is -0.514. The Labute approximate surface area is 146 Å². The summed E-state index contributed by atoms with van der Waals surface area (Å²) in [7, 11) is 0. The highest BCUT2D eigenvalue weighted by Crippen LogP contribution is 2.17. The van der Waals surface area contributed by atoms with Crippen LogP contribution in [0.2, 0.25) is 0 Å². The van der Waals surface area contributed by atoms with Crippen molar-refractivity contribution in [2.45, 2.75) is 13.8 Å². The van der Waals surface area contributed by atoms with Gasteiger partial charge >= 0.3 is 5.82 Å². The second-order valence-electron chi connectivity index (χ2n) is 5.22. The standard InChI is InChI=1S/C18H20N4O3/c1-4-20(5-2)18(23)15-10-7-14(8-11-15)9-12-16-19-13-17(22(24)25)21(16)6-3/h6-13H,3-5H2,1-2H3/b12-9+. The molecule has 0 saturated heterocycles.